The summed E-state index contributed by atoms with van der Waals surface area (Å²) in [5.41, 5.74) is 1.54. The summed E-state index contributed by atoms with van der Waals surface area (Å²) in [6.45, 7) is 1.94. The number of methoxy groups -OCH3 is 3. The molecule has 0 spiro atoms. The Morgan fingerprint density at radius 2 is 1.47 bits per heavy atom. The van der Waals surface area contributed by atoms with Crippen LogP contribution in [0.15, 0.2) is 42.5 Å². The molecule has 3 rings (SSSR count). The van der Waals surface area contributed by atoms with Gasteiger partial charge in [0, 0.05) is 32.7 Å². The van der Waals surface area contributed by atoms with Crippen LogP contribution in [0.2, 0.25) is 0 Å². The van der Waals surface area contributed by atoms with E-state index >= 15 is 0 Å². The van der Waals surface area contributed by atoms with E-state index in [1.165, 1.54) is 21.3 Å². The number of piperazine rings is 1. The minimum absolute atomic E-state index is 0.115. The summed E-state index contributed by atoms with van der Waals surface area (Å²) in [4.78, 5) is 40.7. The molecule has 1 aliphatic rings. The van der Waals surface area contributed by atoms with Gasteiger partial charge in [-0.05, 0) is 29.8 Å². The zero-order chi connectivity index (χ0) is 23.1. The van der Waals surface area contributed by atoms with Gasteiger partial charge in [0.1, 0.15) is 17.1 Å². The predicted molar refractivity (Wildman–Crippen MR) is 117 cm³/mol. The van der Waals surface area contributed by atoms with Gasteiger partial charge < -0.3 is 29.3 Å². The fourth-order valence-electron chi connectivity index (χ4n) is 3.53. The van der Waals surface area contributed by atoms with Crippen LogP contribution in [0.3, 0.4) is 0 Å². The van der Waals surface area contributed by atoms with Gasteiger partial charge in [0.2, 0.25) is 0 Å². The molecular weight excluding hydrogens is 414 g/mol. The van der Waals surface area contributed by atoms with E-state index in [1.807, 2.05) is 6.07 Å². The molecule has 9 heteroatoms. The van der Waals surface area contributed by atoms with Crippen LogP contribution in [0.5, 0.6) is 11.5 Å². The van der Waals surface area contributed by atoms with Crippen molar-refractivity contribution in [3.63, 3.8) is 0 Å². The lowest BCUT2D eigenvalue weighted by atomic mass is 10.1. The van der Waals surface area contributed by atoms with Gasteiger partial charge in [0.15, 0.2) is 0 Å². The number of amides is 3. The fourth-order valence-corrected chi connectivity index (χ4v) is 3.53. The molecule has 0 bridgehead atoms. The monoisotopic (exact) mass is 441 g/mol. The van der Waals surface area contributed by atoms with Crippen LogP contribution < -0.4 is 14.8 Å². The number of nitrogens with zero attached hydrogens (tertiary/aromatic N) is 2. The minimum Gasteiger partial charge on any atom is -0.496 e. The Balaban J connectivity index is 1.55. The molecule has 32 heavy (non-hydrogen) atoms. The third-order valence-electron chi connectivity index (χ3n) is 5.30. The Hall–Kier alpha value is -3.75. The van der Waals surface area contributed by atoms with Crippen molar-refractivity contribution in [2.24, 2.45) is 0 Å². The van der Waals surface area contributed by atoms with Crippen molar-refractivity contribution in [2.75, 3.05) is 47.5 Å². The van der Waals surface area contributed by atoms with E-state index < -0.39 is 5.97 Å². The van der Waals surface area contributed by atoms with Crippen molar-refractivity contribution in [1.29, 1.82) is 0 Å². The Labute approximate surface area is 186 Å². The first kappa shape index (κ1) is 22.9. The van der Waals surface area contributed by atoms with Gasteiger partial charge in [-0.1, -0.05) is 18.2 Å². The lowest BCUT2D eigenvalue weighted by molar-refractivity contribution is 0.0596. The zero-order valence-corrected chi connectivity index (χ0v) is 18.4. The van der Waals surface area contributed by atoms with E-state index in [2.05, 4.69) is 5.32 Å². The second-order valence-corrected chi connectivity index (χ2v) is 7.16. The molecule has 0 unspecified atom stereocenters. The summed E-state index contributed by atoms with van der Waals surface area (Å²) in [6, 6.07) is 11.9. The quantitative estimate of drug-likeness (QED) is 0.690. The molecule has 0 radical (unpaired) electrons. The highest BCUT2D eigenvalue weighted by Crippen LogP contribution is 2.22. The molecule has 0 atom stereocenters. The summed E-state index contributed by atoms with van der Waals surface area (Å²) in [6.07, 6.45) is 0. The molecule has 170 valence electrons. The van der Waals surface area contributed by atoms with Gasteiger partial charge in [-0.15, -0.1) is 0 Å². The number of carbonyl (C=O) groups is 3. The lowest BCUT2D eigenvalue weighted by Gasteiger charge is -2.35. The number of hydrogen-bond acceptors (Lipinski definition) is 6. The van der Waals surface area contributed by atoms with Gasteiger partial charge in [-0.3, -0.25) is 4.79 Å². The first-order valence-corrected chi connectivity index (χ1v) is 10.2. The second-order valence-electron chi connectivity index (χ2n) is 7.16. The van der Waals surface area contributed by atoms with E-state index in [1.54, 1.807) is 46.2 Å². The predicted octanol–water partition coefficient (Wildman–Crippen LogP) is 2.16. The topological polar surface area (TPSA) is 97.4 Å². The Morgan fingerprint density at radius 3 is 2.12 bits per heavy atom. The molecule has 1 aliphatic heterocycles. The maximum atomic E-state index is 12.8. The van der Waals surface area contributed by atoms with E-state index in [0.717, 1.165) is 5.56 Å². The molecular formula is C23H27N3O6. The van der Waals surface area contributed by atoms with Crippen molar-refractivity contribution < 1.29 is 28.6 Å². The van der Waals surface area contributed by atoms with Gasteiger partial charge >= 0.3 is 12.0 Å². The summed E-state index contributed by atoms with van der Waals surface area (Å²) < 4.78 is 15.2. The normalized spacial score (nSPS) is 13.3. The Bertz CT molecular complexity index is 985. The number of esters is 1. The van der Waals surface area contributed by atoms with E-state index in [9.17, 15) is 14.4 Å². The maximum absolute atomic E-state index is 12.8. The first-order chi connectivity index (χ1) is 15.5. The molecule has 2 aromatic rings. The molecule has 2 aromatic carbocycles. The summed E-state index contributed by atoms with van der Waals surface area (Å²) in [5.74, 6) is 0.313. The Kier molecular flexibility index (Phi) is 7.54. The summed E-state index contributed by atoms with van der Waals surface area (Å²) in [5, 5.41) is 2.85. The van der Waals surface area contributed by atoms with E-state index in [4.69, 9.17) is 14.2 Å². The molecule has 3 amide bonds. The molecule has 0 aliphatic carbocycles. The largest absolute Gasteiger partial charge is 0.496 e. The van der Waals surface area contributed by atoms with Crippen LogP contribution >= 0.6 is 0 Å². The van der Waals surface area contributed by atoms with Gasteiger partial charge in [-0.25, -0.2) is 9.59 Å². The van der Waals surface area contributed by atoms with Crippen molar-refractivity contribution in [1.82, 2.24) is 15.1 Å². The van der Waals surface area contributed by atoms with Gasteiger partial charge in [-0.2, -0.15) is 0 Å². The van der Waals surface area contributed by atoms with Crippen LogP contribution in [0, 0.1) is 0 Å². The molecule has 1 fully saturated rings. The highest BCUT2D eigenvalue weighted by atomic mass is 16.5. The van der Waals surface area contributed by atoms with Crippen LogP contribution in [-0.4, -0.2) is 75.2 Å². The second kappa shape index (κ2) is 10.5. The highest BCUT2D eigenvalue weighted by molar-refractivity contribution is 5.97. The van der Waals surface area contributed by atoms with Crippen molar-refractivity contribution >= 4 is 17.9 Å². The summed E-state index contributed by atoms with van der Waals surface area (Å²) >= 11 is 0. The molecule has 1 saturated heterocycles. The lowest BCUT2D eigenvalue weighted by Crippen LogP contribution is -2.53. The third kappa shape index (κ3) is 5.11. The number of ether oxygens (including phenoxy) is 3. The number of nitrogens with one attached hydrogen (secondary N) is 1. The number of carbonyl (C=O) groups excluding carboxylic acids is 3. The van der Waals surface area contributed by atoms with Gasteiger partial charge in [0.05, 0.1) is 26.9 Å². The highest BCUT2D eigenvalue weighted by Gasteiger charge is 2.26. The molecule has 1 heterocycles. The number of hydrogen-bond donors (Lipinski definition) is 1. The standard InChI is InChI=1S/C23H27N3O6/c1-30-19-7-5-4-6-17(19)21(27)25-10-12-26(13-11-25)23(29)24-15-16-8-9-20(31-2)18(14-16)22(28)32-3/h4-9,14H,10-13,15H2,1-3H3,(H,24,29). The SMILES string of the molecule is COC(=O)c1cc(CNC(=O)N2CCN(C(=O)c3ccccc3OC)CC2)ccc1OC. The molecule has 9 nitrogen and oxygen atoms in total. The number of urea groups is 1. The average Bonchev–Trinajstić information content (AvgIpc) is 2.86. The third-order valence-corrected chi connectivity index (χ3v) is 5.30. The molecule has 0 saturated carbocycles. The van der Waals surface area contributed by atoms with Crippen LogP contribution in [0.4, 0.5) is 4.79 Å². The van der Waals surface area contributed by atoms with E-state index in [0.29, 0.717) is 48.8 Å². The van der Waals surface area contributed by atoms with Crippen LogP contribution in [0.1, 0.15) is 26.3 Å². The van der Waals surface area contributed by atoms with Crippen molar-refractivity contribution in [2.45, 2.75) is 6.54 Å². The van der Waals surface area contributed by atoms with Crippen LogP contribution in [0.25, 0.3) is 0 Å². The minimum atomic E-state index is -0.508. The van der Waals surface area contributed by atoms with Crippen molar-refractivity contribution in [3.05, 3.63) is 59.2 Å². The maximum Gasteiger partial charge on any atom is 0.341 e. The number of para-hydroxylation sites is 1. The van der Waals surface area contributed by atoms with E-state index in [-0.39, 0.29) is 18.5 Å². The van der Waals surface area contributed by atoms with Crippen LogP contribution in [-0.2, 0) is 11.3 Å². The number of rotatable bonds is 6. The molecule has 0 aromatic heterocycles. The first-order valence-electron chi connectivity index (χ1n) is 10.2. The average molecular weight is 441 g/mol. The summed E-state index contributed by atoms with van der Waals surface area (Å²) in [7, 11) is 4.31. The fraction of sp³-hybridized carbons (Fsp3) is 0.348. The Morgan fingerprint density at radius 1 is 0.844 bits per heavy atom. The van der Waals surface area contributed by atoms with Crippen molar-refractivity contribution in [3.8, 4) is 11.5 Å². The zero-order valence-electron chi connectivity index (χ0n) is 18.4. The molecule has 1 N–H and O–H groups in total. The smallest absolute Gasteiger partial charge is 0.341 e. The van der Waals surface area contributed by atoms with Gasteiger partial charge in [0.25, 0.3) is 5.91 Å². The number of benzene rings is 2.